The van der Waals surface area contributed by atoms with Gasteiger partial charge in [0.05, 0.1) is 5.69 Å². The predicted molar refractivity (Wildman–Crippen MR) is 236 cm³/mol. The first kappa shape index (κ1) is 33.2. The lowest BCUT2D eigenvalue weighted by Gasteiger charge is -2.29. The summed E-state index contributed by atoms with van der Waals surface area (Å²) in [5.74, 6) is 0. The van der Waals surface area contributed by atoms with Gasteiger partial charge in [-0.25, -0.2) is 0 Å². The van der Waals surface area contributed by atoms with Crippen molar-refractivity contribution in [1.29, 1.82) is 0 Å². The fraction of sp³-hybridized carbons (Fsp3) is 0. The Labute approximate surface area is 327 Å². The van der Waals surface area contributed by atoms with Gasteiger partial charge in [-0.3, -0.25) is 0 Å². The maximum absolute atomic E-state index is 6.56. The summed E-state index contributed by atoms with van der Waals surface area (Å²) < 4.78 is 6.56. The minimum Gasteiger partial charge on any atom is -0.456 e. The van der Waals surface area contributed by atoms with Crippen molar-refractivity contribution in [1.82, 2.24) is 0 Å². The number of furan rings is 1. The SMILES string of the molecule is c1ccc(-c2ccc(N(c3ccc(-c4ccccc4)c(-c4ccccc4)c3)c3ccc4oc5ccccc5c4c3-c3cccc(-c4ccccc4)c3)cc2)cc1. The van der Waals surface area contributed by atoms with E-state index in [-0.39, 0.29) is 0 Å². The number of nitrogens with zero attached hydrogens (tertiary/aromatic N) is 1. The summed E-state index contributed by atoms with van der Waals surface area (Å²) >= 11 is 0. The van der Waals surface area contributed by atoms with E-state index in [1.807, 2.05) is 6.07 Å². The van der Waals surface area contributed by atoms with Crippen molar-refractivity contribution in [3.8, 4) is 55.6 Å². The van der Waals surface area contributed by atoms with Crippen molar-refractivity contribution < 1.29 is 4.42 Å². The van der Waals surface area contributed by atoms with E-state index in [1.165, 1.54) is 38.9 Å². The smallest absolute Gasteiger partial charge is 0.136 e. The Bertz CT molecular complexity index is 2930. The topological polar surface area (TPSA) is 16.4 Å². The van der Waals surface area contributed by atoms with E-state index in [0.717, 1.165) is 55.7 Å². The van der Waals surface area contributed by atoms with Crippen LogP contribution in [0.2, 0.25) is 0 Å². The number of hydrogen-bond acceptors (Lipinski definition) is 2. The summed E-state index contributed by atoms with van der Waals surface area (Å²) in [7, 11) is 0. The number of fused-ring (bicyclic) bond motifs is 3. The fourth-order valence-electron chi connectivity index (χ4n) is 8.03. The van der Waals surface area contributed by atoms with Gasteiger partial charge in [0, 0.05) is 27.7 Å². The van der Waals surface area contributed by atoms with E-state index < -0.39 is 0 Å². The molecule has 0 aliphatic heterocycles. The van der Waals surface area contributed by atoms with Gasteiger partial charge in [0.1, 0.15) is 11.2 Å². The zero-order chi connectivity index (χ0) is 37.3. The molecule has 56 heavy (non-hydrogen) atoms. The van der Waals surface area contributed by atoms with Crippen LogP contribution < -0.4 is 4.90 Å². The van der Waals surface area contributed by atoms with Crippen molar-refractivity contribution in [3.05, 3.63) is 224 Å². The van der Waals surface area contributed by atoms with Crippen LogP contribution in [0.25, 0.3) is 77.6 Å². The highest BCUT2D eigenvalue weighted by Crippen LogP contribution is 2.49. The van der Waals surface area contributed by atoms with Crippen LogP contribution in [0.5, 0.6) is 0 Å². The van der Waals surface area contributed by atoms with Gasteiger partial charge in [-0.15, -0.1) is 0 Å². The van der Waals surface area contributed by atoms with Gasteiger partial charge in [-0.05, 0) is 98.6 Å². The van der Waals surface area contributed by atoms with Crippen molar-refractivity contribution in [2.75, 3.05) is 4.90 Å². The van der Waals surface area contributed by atoms with Crippen LogP contribution in [0, 0.1) is 0 Å². The molecule has 0 amide bonds. The molecule has 10 rings (SSSR count). The molecule has 0 aliphatic carbocycles. The van der Waals surface area contributed by atoms with E-state index in [9.17, 15) is 0 Å². The standard InChI is InChI=1S/C54H37NO/c1-5-16-38(17-6-1)40-28-30-45(31-29-40)55(46-32-33-47(41-20-9-3-10-21-41)49(37-46)42-22-11-4-12-23-42)50-34-35-52-54(48-26-13-14-27-51(48)56-52)53(50)44-25-15-24-43(36-44)39-18-7-2-8-19-39/h1-37H. The van der Waals surface area contributed by atoms with Crippen LogP contribution in [0.15, 0.2) is 229 Å². The highest BCUT2D eigenvalue weighted by molar-refractivity contribution is 6.16. The number of anilines is 3. The zero-order valence-electron chi connectivity index (χ0n) is 30.7. The molecule has 1 heterocycles. The van der Waals surface area contributed by atoms with Crippen molar-refractivity contribution >= 4 is 39.0 Å². The summed E-state index contributed by atoms with van der Waals surface area (Å²) in [4.78, 5) is 2.42. The van der Waals surface area contributed by atoms with Gasteiger partial charge in [0.25, 0.3) is 0 Å². The molecule has 9 aromatic carbocycles. The van der Waals surface area contributed by atoms with Gasteiger partial charge < -0.3 is 9.32 Å². The van der Waals surface area contributed by atoms with Crippen LogP contribution in [0.1, 0.15) is 0 Å². The van der Waals surface area contributed by atoms with Crippen LogP contribution >= 0.6 is 0 Å². The molecule has 0 bridgehead atoms. The van der Waals surface area contributed by atoms with Crippen molar-refractivity contribution in [3.63, 3.8) is 0 Å². The molecule has 0 saturated carbocycles. The third-order valence-corrected chi connectivity index (χ3v) is 10.7. The molecule has 0 spiro atoms. The average molecular weight is 716 g/mol. The lowest BCUT2D eigenvalue weighted by Crippen LogP contribution is -2.12. The second-order valence-corrected chi connectivity index (χ2v) is 14.1. The Morgan fingerprint density at radius 2 is 0.821 bits per heavy atom. The quantitative estimate of drug-likeness (QED) is 0.156. The molecule has 0 atom stereocenters. The minimum absolute atomic E-state index is 0.860. The van der Waals surface area contributed by atoms with E-state index in [0.29, 0.717) is 0 Å². The normalized spacial score (nSPS) is 11.2. The highest BCUT2D eigenvalue weighted by atomic mass is 16.3. The summed E-state index contributed by atoms with van der Waals surface area (Å²) in [5.41, 5.74) is 16.6. The van der Waals surface area contributed by atoms with Crippen LogP contribution in [-0.4, -0.2) is 0 Å². The first-order valence-corrected chi connectivity index (χ1v) is 19.1. The number of rotatable bonds is 8. The molecule has 264 valence electrons. The lowest BCUT2D eigenvalue weighted by molar-refractivity contribution is 0.669. The highest BCUT2D eigenvalue weighted by Gasteiger charge is 2.24. The first-order chi connectivity index (χ1) is 27.8. The van der Waals surface area contributed by atoms with E-state index in [1.54, 1.807) is 0 Å². The monoisotopic (exact) mass is 715 g/mol. The molecule has 0 N–H and O–H groups in total. The van der Waals surface area contributed by atoms with Crippen LogP contribution in [0.4, 0.5) is 17.1 Å². The summed E-state index contributed by atoms with van der Waals surface area (Å²) in [6, 6.07) is 80.1. The zero-order valence-corrected chi connectivity index (χ0v) is 30.7. The first-order valence-electron chi connectivity index (χ1n) is 19.1. The number of para-hydroxylation sites is 1. The number of hydrogen-bond donors (Lipinski definition) is 0. The Hall–Kier alpha value is -7.42. The van der Waals surface area contributed by atoms with Crippen molar-refractivity contribution in [2.24, 2.45) is 0 Å². The molecule has 1 aromatic heterocycles. The Balaban J connectivity index is 1.26. The third-order valence-electron chi connectivity index (χ3n) is 10.7. The van der Waals surface area contributed by atoms with Gasteiger partial charge in [0.2, 0.25) is 0 Å². The predicted octanol–water partition coefficient (Wildman–Crippen LogP) is 15.4. The van der Waals surface area contributed by atoms with Gasteiger partial charge >= 0.3 is 0 Å². The van der Waals surface area contributed by atoms with Gasteiger partial charge in [0.15, 0.2) is 0 Å². The average Bonchev–Trinajstić information content (AvgIpc) is 3.67. The molecule has 0 aliphatic rings. The fourth-order valence-corrected chi connectivity index (χ4v) is 8.03. The summed E-state index contributed by atoms with van der Waals surface area (Å²) in [6.07, 6.45) is 0. The molecule has 0 fully saturated rings. The second-order valence-electron chi connectivity index (χ2n) is 14.1. The Kier molecular flexibility index (Phi) is 8.55. The molecule has 10 aromatic rings. The maximum atomic E-state index is 6.56. The van der Waals surface area contributed by atoms with E-state index in [2.05, 4.69) is 223 Å². The summed E-state index contributed by atoms with van der Waals surface area (Å²) in [6.45, 7) is 0. The van der Waals surface area contributed by atoms with E-state index in [4.69, 9.17) is 4.42 Å². The molecule has 2 heteroatoms. The third kappa shape index (κ3) is 6.14. The van der Waals surface area contributed by atoms with E-state index >= 15 is 0 Å². The largest absolute Gasteiger partial charge is 0.456 e. The Morgan fingerprint density at radius 3 is 1.50 bits per heavy atom. The molecular weight excluding hydrogens is 679 g/mol. The molecule has 0 unspecified atom stereocenters. The lowest BCUT2D eigenvalue weighted by atomic mass is 9.92. The van der Waals surface area contributed by atoms with Crippen LogP contribution in [0.3, 0.4) is 0 Å². The van der Waals surface area contributed by atoms with Gasteiger partial charge in [-0.1, -0.05) is 176 Å². The molecule has 2 nitrogen and oxygen atoms in total. The number of benzene rings is 9. The van der Waals surface area contributed by atoms with Gasteiger partial charge in [-0.2, -0.15) is 0 Å². The molecule has 0 radical (unpaired) electrons. The Morgan fingerprint density at radius 1 is 0.304 bits per heavy atom. The second kappa shape index (κ2) is 14.4. The molecular formula is C54H37NO. The summed E-state index contributed by atoms with van der Waals surface area (Å²) in [5, 5.41) is 2.19. The molecule has 0 saturated heterocycles. The van der Waals surface area contributed by atoms with Crippen LogP contribution in [-0.2, 0) is 0 Å². The maximum Gasteiger partial charge on any atom is 0.136 e. The minimum atomic E-state index is 0.860. The van der Waals surface area contributed by atoms with Crippen molar-refractivity contribution in [2.45, 2.75) is 0 Å².